The smallest absolute Gasteiger partial charge is 0.407 e. The summed E-state index contributed by atoms with van der Waals surface area (Å²) in [5.41, 5.74) is 3.21. The van der Waals surface area contributed by atoms with Gasteiger partial charge in [-0.1, -0.05) is 35.1 Å². The van der Waals surface area contributed by atoms with Crippen molar-refractivity contribution in [2.24, 2.45) is 0 Å². The average molecular weight is 597 g/mol. The van der Waals surface area contributed by atoms with E-state index < -0.39 is 6.09 Å². The first kappa shape index (κ1) is 30.4. The van der Waals surface area contributed by atoms with Crippen LogP contribution in [0.15, 0.2) is 54.7 Å². The Morgan fingerprint density at radius 2 is 1.78 bits per heavy atom. The van der Waals surface area contributed by atoms with E-state index in [1.165, 1.54) is 21.8 Å². The summed E-state index contributed by atoms with van der Waals surface area (Å²) >= 11 is 7.52. The second-order valence-electron chi connectivity index (χ2n) is 9.69. The summed E-state index contributed by atoms with van der Waals surface area (Å²) in [6, 6.07) is 16.0. The molecule has 5 rings (SSSR count). The van der Waals surface area contributed by atoms with E-state index in [1.54, 1.807) is 6.20 Å². The number of aromatic nitrogens is 3. The summed E-state index contributed by atoms with van der Waals surface area (Å²) in [5, 5.41) is 16.7. The number of nitrogens with zero attached hydrogens (tertiary/aromatic N) is 6. The number of hydrogen-bond acceptors (Lipinski definition) is 9. The molecule has 1 fully saturated rings. The molecule has 218 valence electrons. The molecule has 3 N–H and O–H groups in total. The van der Waals surface area contributed by atoms with Crippen molar-refractivity contribution in [1.29, 1.82) is 0 Å². The first-order valence-corrected chi connectivity index (χ1v) is 14.9. The van der Waals surface area contributed by atoms with Crippen LogP contribution in [-0.4, -0.2) is 89.3 Å². The Balaban J connectivity index is 0.00000124. The van der Waals surface area contributed by atoms with Crippen molar-refractivity contribution in [3.8, 4) is 0 Å². The van der Waals surface area contributed by atoms with Crippen LogP contribution in [0.25, 0.3) is 10.3 Å². The van der Waals surface area contributed by atoms with Gasteiger partial charge in [0.1, 0.15) is 22.0 Å². The highest BCUT2D eigenvalue weighted by atomic mass is 35.5. The molecule has 1 aromatic carbocycles. The van der Waals surface area contributed by atoms with E-state index in [1.807, 2.05) is 50.5 Å². The van der Waals surface area contributed by atoms with Gasteiger partial charge in [-0.15, -0.1) is 0 Å². The summed E-state index contributed by atoms with van der Waals surface area (Å²) in [7, 11) is 3.75. The van der Waals surface area contributed by atoms with Crippen LogP contribution >= 0.6 is 22.9 Å². The number of amides is 1. The van der Waals surface area contributed by atoms with E-state index in [2.05, 4.69) is 44.5 Å². The lowest BCUT2D eigenvalue weighted by molar-refractivity contribution is 0.103. The molecule has 0 spiro atoms. The van der Waals surface area contributed by atoms with Crippen molar-refractivity contribution in [1.82, 2.24) is 30.1 Å². The van der Waals surface area contributed by atoms with Gasteiger partial charge in [0.15, 0.2) is 5.13 Å². The molecule has 1 amide bonds. The van der Waals surface area contributed by atoms with E-state index in [0.717, 1.165) is 76.8 Å². The molecule has 3 aromatic heterocycles. The number of anilines is 3. The number of hydrogen-bond donors (Lipinski definition) is 3. The normalized spacial score (nSPS) is 13.5. The van der Waals surface area contributed by atoms with Crippen LogP contribution in [0.3, 0.4) is 0 Å². The van der Waals surface area contributed by atoms with Crippen LogP contribution in [0, 0.1) is 0 Å². The molecule has 41 heavy (non-hydrogen) atoms. The van der Waals surface area contributed by atoms with Crippen LogP contribution in [0.5, 0.6) is 0 Å². The maximum absolute atomic E-state index is 11.1. The number of thiazole rings is 1. The molecule has 0 radical (unpaired) electrons. The number of carboxylic acid groups (broad SMARTS) is 1. The summed E-state index contributed by atoms with van der Waals surface area (Å²) < 4.78 is 0. The Bertz CT molecular complexity index is 1410. The van der Waals surface area contributed by atoms with Crippen LogP contribution < -0.4 is 15.5 Å². The van der Waals surface area contributed by atoms with Gasteiger partial charge in [0.25, 0.3) is 0 Å². The molecule has 4 aromatic rings. The third-order valence-electron chi connectivity index (χ3n) is 6.64. The number of benzene rings is 1. The first-order chi connectivity index (χ1) is 19.9. The van der Waals surface area contributed by atoms with Gasteiger partial charge in [0.2, 0.25) is 0 Å². The number of nitrogens with one attached hydrogen (secondary N) is 2. The van der Waals surface area contributed by atoms with Gasteiger partial charge in [-0.3, -0.25) is 4.90 Å². The highest BCUT2D eigenvalue weighted by Crippen LogP contribution is 2.29. The SMILES string of the molecule is CCN(CCc1ccc(Cl)cc1)c1ccc2nc(Nc3cc(CN4CCN(C(=O)O)CC4)ccn3)sc2n1.CNC. The van der Waals surface area contributed by atoms with Gasteiger partial charge in [-0.05, 0) is 75.0 Å². The predicted octanol–water partition coefficient (Wildman–Crippen LogP) is 5.18. The van der Waals surface area contributed by atoms with Gasteiger partial charge in [-0.25, -0.2) is 19.7 Å². The minimum absolute atomic E-state index is 0.531. The van der Waals surface area contributed by atoms with Crippen molar-refractivity contribution >= 4 is 56.1 Å². The summed E-state index contributed by atoms with van der Waals surface area (Å²) in [6.45, 7) is 7.11. The highest BCUT2D eigenvalue weighted by Gasteiger charge is 2.20. The maximum Gasteiger partial charge on any atom is 0.407 e. The minimum Gasteiger partial charge on any atom is -0.465 e. The molecule has 4 heterocycles. The average Bonchev–Trinajstić information content (AvgIpc) is 3.37. The highest BCUT2D eigenvalue weighted by molar-refractivity contribution is 7.21. The maximum atomic E-state index is 11.1. The van der Waals surface area contributed by atoms with Gasteiger partial charge in [0.05, 0.1) is 0 Å². The first-order valence-electron chi connectivity index (χ1n) is 13.7. The molecular weight excluding hydrogens is 560 g/mol. The monoisotopic (exact) mass is 596 g/mol. The van der Waals surface area contributed by atoms with Gasteiger partial charge >= 0.3 is 6.09 Å². The topological polar surface area (TPSA) is 110 Å². The fraction of sp³-hybridized carbons (Fsp3) is 0.379. The molecule has 0 unspecified atom stereocenters. The fourth-order valence-electron chi connectivity index (χ4n) is 4.49. The molecular formula is C29H37ClN8O2S. The zero-order valence-corrected chi connectivity index (χ0v) is 25.3. The number of fused-ring (bicyclic) bond motifs is 1. The van der Waals surface area contributed by atoms with E-state index in [0.29, 0.717) is 13.1 Å². The molecule has 0 aliphatic carbocycles. The lowest BCUT2D eigenvalue weighted by Crippen LogP contribution is -2.47. The van der Waals surface area contributed by atoms with Crippen LogP contribution in [0.2, 0.25) is 5.02 Å². The fourth-order valence-corrected chi connectivity index (χ4v) is 5.46. The van der Waals surface area contributed by atoms with Crippen molar-refractivity contribution in [3.63, 3.8) is 0 Å². The van der Waals surface area contributed by atoms with Gasteiger partial charge < -0.3 is 25.5 Å². The number of pyridine rings is 2. The third-order valence-corrected chi connectivity index (χ3v) is 7.77. The Morgan fingerprint density at radius 3 is 2.46 bits per heavy atom. The van der Waals surface area contributed by atoms with E-state index in [-0.39, 0.29) is 0 Å². The second-order valence-corrected chi connectivity index (χ2v) is 11.1. The van der Waals surface area contributed by atoms with E-state index >= 15 is 0 Å². The van der Waals surface area contributed by atoms with Gasteiger partial charge in [-0.2, -0.15) is 0 Å². The Labute approximate surface area is 250 Å². The number of likely N-dealkylation sites (N-methyl/N-ethyl adjacent to an activating group) is 1. The van der Waals surface area contributed by atoms with Gasteiger partial charge in [0, 0.05) is 57.0 Å². The van der Waals surface area contributed by atoms with Crippen molar-refractivity contribution in [2.45, 2.75) is 19.9 Å². The molecule has 1 aliphatic heterocycles. The second kappa shape index (κ2) is 14.9. The molecule has 12 heteroatoms. The number of carbonyl (C=O) groups is 1. The largest absolute Gasteiger partial charge is 0.465 e. The molecule has 1 saturated heterocycles. The van der Waals surface area contributed by atoms with Crippen LogP contribution in [-0.2, 0) is 13.0 Å². The quantitative estimate of drug-likeness (QED) is 0.241. The Kier molecular flexibility index (Phi) is 11.1. The molecule has 0 atom stereocenters. The molecule has 10 nitrogen and oxygen atoms in total. The Morgan fingerprint density at radius 1 is 1.05 bits per heavy atom. The number of rotatable bonds is 9. The molecule has 0 bridgehead atoms. The predicted molar refractivity (Wildman–Crippen MR) is 168 cm³/mol. The zero-order chi connectivity index (χ0) is 29.2. The summed E-state index contributed by atoms with van der Waals surface area (Å²) in [5.74, 6) is 1.66. The lowest BCUT2D eigenvalue weighted by Gasteiger charge is -2.33. The van der Waals surface area contributed by atoms with Crippen molar-refractivity contribution in [2.75, 3.05) is 63.6 Å². The summed E-state index contributed by atoms with van der Waals surface area (Å²) in [6.07, 6.45) is 1.85. The van der Waals surface area contributed by atoms with Crippen molar-refractivity contribution in [3.05, 3.63) is 70.9 Å². The Hall–Kier alpha value is -3.51. The number of piperazine rings is 1. The lowest BCUT2D eigenvalue weighted by atomic mass is 10.1. The molecule has 0 saturated carbocycles. The summed E-state index contributed by atoms with van der Waals surface area (Å²) in [4.78, 5) is 32.1. The molecule has 1 aliphatic rings. The standard InChI is InChI=1S/C27H30ClN7O2S.C2H7N/c1-2-34(12-10-19-3-5-21(28)6-4-19)24-8-7-22-25(32-24)38-26(30-22)31-23-17-20(9-11-29-23)18-33-13-15-35(16-14-33)27(36)37;1-3-2/h3-9,11,17H,2,10,12-16,18H2,1H3,(H,36,37)(H,29,30,31);3H,1-2H3. The number of halogens is 1. The van der Waals surface area contributed by atoms with Crippen molar-refractivity contribution < 1.29 is 9.90 Å². The third kappa shape index (κ3) is 8.74. The van der Waals surface area contributed by atoms with Crippen LogP contribution in [0.1, 0.15) is 18.1 Å². The van der Waals surface area contributed by atoms with Crippen LogP contribution in [0.4, 0.5) is 21.6 Å². The van der Waals surface area contributed by atoms with E-state index in [9.17, 15) is 4.79 Å². The van der Waals surface area contributed by atoms with E-state index in [4.69, 9.17) is 26.7 Å². The minimum atomic E-state index is -0.849. The zero-order valence-electron chi connectivity index (χ0n) is 23.7.